The van der Waals surface area contributed by atoms with Gasteiger partial charge in [0.05, 0.1) is 5.57 Å². The molecule has 1 N–H and O–H groups in total. The van der Waals surface area contributed by atoms with Crippen molar-refractivity contribution in [2.24, 2.45) is 0 Å². The summed E-state index contributed by atoms with van der Waals surface area (Å²) in [6.45, 7) is 4.28. The molecule has 1 aromatic carbocycles. The second-order valence-electron chi connectivity index (χ2n) is 4.66. The van der Waals surface area contributed by atoms with Crippen molar-refractivity contribution in [3.05, 3.63) is 57.8 Å². The standard InChI is InChI=1S/C16H16O2S/c1-11(2)13-7-5-12(6-8-13)10-14(16(17)18)15-4-3-9-19-15/h3-11H,1-2H3,(H,17,18)/b14-10-. The molecule has 0 fully saturated rings. The van der Waals surface area contributed by atoms with Gasteiger partial charge in [0.2, 0.25) is 0 Å². The maximum absolute atomic E-state index is 11.3. The molecule has 0 aliphatic heterocycles. The Labute approximate surface area is 117 Å². The van der Waals surface area contributed by atoms with E-state index in [1.165, 1.54) is 16.9 Å². The molecule has 2 nitrogen and oxygen atoms in total. The molecule has 1 aromatic heterocycles. The molecule has 0 unspecified atom stereocenters. The molecule has 19 heavy (non-hydrogen) atoms. The molecule has 0 aliphatic carbocycles. The van der Waals surface area contributed by atoms with Crippen LogP contribution in [0, 0.1) is 0 Å². The van der Waals surface area contributed by atoms with E-state index >= 15 is 0 Å². The minimum atomic E-state index is -0.893. The van der Waals surface area contributed by atoms with Gasteiger partial charge in [-0.15, -0.1) is 11.3 Å². The van der Waals surface area contributed by atoms with Gasteiger partial charge in [0.25, 0.3) is 0 Å². The topological polar surface area (TPSA) is 37.3 Å². The van der Waals surface area contributed by atoms with E-state index in [1.807, 2.05) is 41.8 Å². The van der Waals surface area contributed by atoms with Gasteiger partial charge in [0, 0.05) is 4.88 Å². The van der Waals surface area contributed by atoms with E-state index in [0.29, 0.717) is 11.5 Å². The van der Waals surface area contributed by atoms with E-state index in [2.05, 4.69) is 13.8 Å². The lowest BCUT2D eigenvalue weighted by Gasteiger charge is -2.05. The smallest absolute Gasteiger partial charge is 0.337 e. The van der Waals surface area contributed by atoms with Gasteiger partial charge in [-0.3, -0.25) is 0 Å². The van der Waals surface area contributed by atoms with Crippen molar-refractivity contribution in [1.29, 1.82) is 0 Å². The monoisotopic (exact) mass is 272 g/mol. The number of carbonyl (C=O) groups is 1. The van der Waals surface area contributed by atoms with Crippen LogP contribution < -0.4 is 0 Å². The lowest BCUT2D eigenvalue weighted by molar-refractivity contribution is -0.130. The summed E-state index contributed by atoms with van der Waals surface area (Å²) in [6, 6.07) is 11.7. The first kappa shape index (κ1) is 13.6. The summed E-state index contributed by atoms with van der Waals surface area (Å²) in [6.07, 6.45) is 1.72. The summed E-state index contributed by atoms with van der Waals surface area (Å²) < 4.78 is 0. The van der Waals surface area contributed by atoms with E-state index in [4.69, 9.17) is 0 Å². The Morgan fingerprint density at radius 2 is 1.89 bits per heavy atom. The Balaban J connectivity index is 2.34. The van der Waals surface area contributed by atoms with Gasteiger partial charge < -0.3 is 5.11 Å². The highest BCUT2D eigenvalue weighted by Gasteiger charge is 2.11. The lowest BCUT2D eigenvalue weighted by atomic mass is 10.0. The summed E-state index contributed by atoms with van der Waals surface area (Å²) in [5, 5.41) is 11.2. The summed E-state index contributed by atoms with van der Waals surface area (Å²) in [5.41, 5.74) is 2.51. The molecule has 1 heterocycles. The largest absolute Gasteiger partial charge is 0.478 e. The third-order valence-electron chi connectivity index (χ3n) is 2.93. The highest BCUT2D eigenvalue weighted by atomic mass is 32.1. The molecule has 2 rings (SSSR count). The van der Waals surface area contributed by atoms with Gasteiger partial charge in [0.1, 0.15) is 0 Å². The quantitative estimate of drug-likeness (QED) is 0.832. The Morgan fingerprint density at radius 3 is 2.37 bits per heavy atom. The average molecular weight is 272 g/mol. The highest BCUT2D eigenvalue weighted by Crippen LogP contribution is 2.24. The van der Waals surface area contributed by atoms with E-state index in [0.717, 1.165) is 10.4 Å². The molecule has 98 valence electrons. The fraction of sp³-hybridized carbons (Fsp3) is 0.188. The number of rotatable bonds is 4. The lowest BCUT2D eigenvalue weighted by Crippen LogP contribution is -1.97. The van der Waals surface area contributed by atoms with E-state index in [1.54, 1.807) is 6.08 Å². The molecule has 0 radical (unpaired) electrons. The van der Waals surface area contributed by atoms with Gasteiger partial charge in [-0.25, -0.2) is 4.79 Å². The van der Waals surface area contributed by atoms with Crippen LogP contribution in [-0.4, -0.2) is 11.1 Å². The molecule has 0 saturated heterocycles. The van der Waals surface area contributed by atoms with Crippen LogP contribution in [0.4, 0.5) is 0 Å². The van der Waals surface area contributed by atoms with Gasteiger partial charge in [-0.05, 0) is 34.6 Å². The average Bonchev–Trinajstić information content (AvgIpc) is 2.89. The molecular weight excluding hydrogens is 256 g/mol. The fourth-order valence-corrected chi connectivity index (χ4v) is 2.55. The van der Waals surface area contributed by atoms with Crippen LogP contribution in [0.25, 0.3) is 11.6 Å². The molecule has 0 aliphatic rings. The van der Waals surface area contributed by atoms with Crippen molar-refractivity contribution in [2.75, 3.05) is 0 Å². The predicted octanol–water partition coefficient (Wildman–Crippen LogP) is 4.50. The van der Waals surface area contributed by atoms with E-state index in [9.17, 15) is 9.90 Å². The first-order chi connectivity index (χ1) is 9.08. The molecule has 3 heteroatoms. The van der Waals surface area contributed by atoms with Crippen LogP contribution in [-0.2, 0) is 4.79 Å². The van der Waals surface area contributed by atoms with Crippen LogP contribution in [0.3, 0.4) is 0 Å². The zero-order valence-electron chi connectivity index (χ0n) is 11.0. The first-order valence-electron chi connectivity index (χ1n) is 6.16. The molecule has 0 spiro atoms. The van der Waals surface area contributed by atoms with E-state index < -0.39 is 5.97 Å². The number of carboxylic acid groups (broad SMARTS) is 1. The number of benzene rings is 1. The summed E-state index contributed by atoms with van der Waals surface area (Å²) in [5.74, 6) is -0.412. The zero-order valence-corrected chi connectivity index (χ0v) is 11.8. The zero-order chi connectivity index (χ0) is 13.8. The summed E-state index contributed by atoms with van der Waals surface area (Å²) >= 11 is 1.44. The molecule has 0 bridgehead atoms. The van der Waals surface area contributed by atoms with Crippen LogP contribution in [0.1, 0.15) is 35.8 Å². The Bertz CT molecular complexity index is 578. The predicted molar refractivity (Wildman–Crippen MR) is 80.4 cm³/mol. The molecular formula is C16H16O2S. The number of hydrogen-bond donors (Lipinski definition) is 1. The number of thiophene rings is 1. The van der Waals surface area contributed by atoms with Crippen molar-refractivity contribution in [2.45, 2.75) is 19.8 Å². The van der Waals surface area contributed by atoms with Gasteiger partial charge >= 0.3 is 5.97 Å². The third kappa shape index (κ3) is 3.32. The van der Waals surface area contributed by atoms with Gasteiger partial charge in [-0.2, -0.15) is 0 Å². The van der Waals surface area contributed by atoms with E-state index in [-0.39, 0.29) is 0 Å². The number of carboxylic acids is 1. The number of aliphatic carboxylic acids is 1. The Hall–Kier alpha value is -1.87. The summed E-state index contributed by atoms with van der Waals surface area (Å²) in [4.78, 5) is 12.1. The minimum absolute atomic E-state index is 0.340. The van der Waals surface area contributed by atoms with Crippen LogP contribution >= 0.6 is 11.3 Å². The second-order valence-corrected chi connectivity index (χ2v) is 5.61. The van der Waals surface area contributed by atoms with Crippen LogP contribution in [0.5, 0.6) is 0 Å². The van der Waals surface area contributed by atoms with Crippen molar-refractivity contribution in [3.63, 3.8) is 0 Å². The molecule has 0 saturated carbocycles. The van der Waals surface area contributed by atoms with Crippen molar-refractivity contribution < 1.29 is 9.90 Å². The van der Waals surface area contributed by atoms with Crippen LogP contribution in [0.2, 0.25) is 0 Å². The number of hydrogen-bond acceptors (Lipinski definition) is 2. The van der Waals surface area contributed by atoms with Crippen molar-refractivity contribution >= 4 is 29.0 Å². The minimum Gasteiger partial charge on any atom is -0.478 e. The maximum atomic E-state index is 11.3. The van der Waals surface area contributed by atoms with Gasteiger partial charge in [0.15, 0.2) is 0 Å². The highest BCUT2D eigenvalue weighted by molar-refractivity contribution is 7.11. The van der Waals surface area contributed by atoms with Gasteiger partial charge in [-0.1, -0.05) is 44.2 Å². The Kier molecular flexibility index (Phi) is 4.17. The normalized spacial score (nSPS) is 11.8. The molecule has 2 aromatic rings. The Morgan fingerprint density at radius 1 is 1.21 bits per heavy atom. The van der Waals surface area contributed by atoms with Crippen molar-refractivity contribution in [1.82, 2.24) is 0 Å². The van der Waals surface area contributed by atoms with Crippen LogP contribution in [0.15, 0.2) is 41.8 Å². The molecule has 0 atom stereocenters. The third-order valence-corrected chi connectivity index (χ3v) is 3.83. The maximum Gasteiger partial charge on any atom is 0.337 e. The first-order valence-corrected chi connectivity index (χ1v) is 7.04. The molecule has 0 amide bonds. The SMILES string of the molecule is CC(C)c1ccc(/C=C(\C(=O)O)c2cccs2)cc1. The van der Waals surface area contributed by atoms with Crippen molar-refractivity contribution in [3.8, 4) is 0 Å². The fourth-order valence-electron chi connectivity index (χ4n) is 1.81. The second kappa shape index (κ2) is 5.85. The summed E-state index contributed by atoms with van der Waals surface area (Å²) in [7, 11) is 0.